The Balaban J connectivity index is 1.54. The van der Waals surface area contributed by atoms with Crippen LogP contribution in [0.1, 0.15) is 133 Å². The molecule has 0 spiro atoms. The van der Waals surface area contributed by atoms with Gasteiger partial charge in [0.2, 0.25) is 0 Å². The first kappa shape index (κ1) is 27.5. The molecule has 0 bridgehead atoms. The average Bonchev–Trinajstić information content (AvgIpc) is 3.05. The van der Waals surface area contributed by atoms with Crippen molar-refractivity contribution in [2.45, 2.75) is 140 Å². The van der Waals surface area contributed by atoms with Gasteiger partial charge in [-0.2, -0.15) is 0 Å². The first-order valence-corrected chi connectivity index (χ1v) is 15.4. The van der Waals surface area contributed by atoms with E-state index in [0.717, 1.165) is 41.9 Å². The number of carbonyl (C=O) groups is 1. The van der Waals surface area contributed by atoms with E-state index in [2.05, 4.69) is 62.3 Å². The van der Waals surface area contributed by atoms with Gasteiger partial charge in [0.05, 0.1) is 0 Å². The molecule has 2 nitrogen and oxygen atoms in total. The molecule has 0 aromatic heterocycles. The number of rotatable bonds is 6. The second-order valence-electron chi connectivity index (χ2n) is 15.6. The molecule has 4 aliphatic rings. The van der Waals surface area contributed by atoms with Gasteiger partial charge >= 0.3 is 5.97 Å². The van der Waals surface area contributed by atoms with E-state index >= 15 is 0 Å². The van der Waals surface area contributed by atoms with Crippen LogP contribution in [0, 0.1) is 63.1 Å². The highest BCUT2D eigenvalue weighted by atomic mass is 16.5. The van der Waals surface area contributed by atoms with Crippen molar-refractivity contribution in [1.29, 1.82) is 0 Å². The minimum Gasteiger partial charge on any atom is -0.462 e. The molecular weight excluding hydrogens is 428 g/mol. The van der Waals surface area contributed by atoms with Gasteiger partial charge in [0.1, 0.15) is 6.10 Å². The van der Waals surface area contributed by atoms with Gasteiger partial charge in [-0.25, -0.2) is 0 Å². The van der Waals surface area contributed by atoms with Crippen LogP contribution in [-0.4, -0.2) is 12.1 Å². The van der Waals surface area contributed by atoms with Crippen LogP contribution >= 0.6 is 0 Å². The van der Waals surface area contributed by atoms with Crippen molar-refractivity contribution in [2.24, 2.45) is 63.1 Å². The van der Waals surface area contributed by atoms with Gasteiger partial charge in [0.25, 0.3) is 0 Å². The SMILES string of the molecule is CC(=O)O[C@H]1CC[C@]2(C)C3CC[C@]4(C)C([C@@H](C)CCC(C)C(C)C)CC[C@@]4(C)C3CCC2C1(C)C. The van der Waals surface area contributed by atoms with E-state index in [1.54, 1.807) is 6.92 Å². The van der Waals surface area contributed by atoms with Crippen LogP contribution in [-0.2, 0) is 9.53 Å². The van der Waals surface area contributed by atoms with E-state index in [9.17, 15) is 4.79 Å². The molecule has 0 aromatic rings. The quantitative estimate of drug-likeness (QED) is 0.350. The lowest BCUT2D eigenvalue weighted by molar-refractivity contribution is -0.209. The Labute approximate surface area is 218 Å². The van der Waals surface area contributed by atoms with Gasteiger partial charge in [-0.15, -0.1) is 0 Å². The van der Waals surface area contributed by atoms with Gasteiger partial charge in [-0.3, -0.25) is 4.79 Å². The molecule has 2 heteroatoms. The lowest BCUT2D eigenvalue weighted by atomic mass is 9.38. The molecule has 4 fully saturated rings. The molecule has 0 saturated heterocycles. The van der Waals surface area contributed by atoms with E-state index in [-0.39, 0.29) is 17.5 Å². The molecule has 35 heavy (non-hydrogen) atoms. The summed E-state index contributed by atoms with van der Waals surface area (Å²) >= 11 is 0. The van der Waals surface area contributed by atoms with E-state index in [4.69, 9.17) is 4.74 Å². The summed E-state index contributed by atoms with van der Waals surface area (Å²) in [5, 5.41) is 0. The van der Waals surface area contributed by atoms with Gasteiger partial charge < -0.3 is 4.74 Å². The Kier molecular flexibility index (Phi) is 7.34. The lowest BCUT2D eigenvalue weighted by Crippen LogP contribution is -2.62. The number of hydrogen-bond donors (Lipinski definition) is 0. The topological polar surface area (TPSA) is 26.3 Å². The largest absolute Gasteiger partial charge is 0.462 e. The fourth-order valence-electron chi connectivity index (χ4n) is 10.9. The predicted octanol–water partition coefficient (Wildman–Crippen LogP) is 9.31. The minimum absolute atomic E-state index is 0.0745. The summed E-state index contributed by atoms with van der Waals surface area (Å²) in [5.74, 6) is 5.67. The van der Waals surface area contributed by atoms with Crippen LogP contribution in [0.15, 0.2) is 0 Å². The second kappa shape index (κ2) is 9.34. The Morgan fingerprint density at radius 1 is 0.800 bits per heavy atom. The monoisotopic (exact) mass is 486 g/mol. The first-order valence-electron chi connectivity index (χ1n) is 15.4. The predicted molar refractivity (Wildman–Crippen MR) is 147 cm³/mol. The maximum absolute atomic E-state index is 11.9. The van der Waals surface area contributed by atoms with Gasteiger partial charge in [0, 0.05) is 12.3 Å². The zero-order valence-corrected chi connectivity index (χ0v) is 25.0. The van der Waals surface area contributed by atoms with Crippen molar-refractivity contribution in [3.8, 4) is 0 Å². The van der Waals surface area contributed by atoms with Gasteiger partial charge in [0.15, 0.2) is 0 Å². The fourth-order valence-corrected chi connectivity index (χ4v) is 10.9. The van der Waals surface area contributed by atoms with Crippen molar-refractivity contribution < 1.29 is 9.53 Å². The van der Waals surface area contributed by atoms with Crippen molar-refractivity contribution in [2.75, 3.05) is 0 Å². The van der Waals surface area contributed by atoms with Crippen LogP contribution in [0.5, 0.6) is 0 Å². The molecule has 202 valence electrons. The van der Waals surface area contributed by atoms with Crippen LogP contribution in [0.2, 0.25) is 0 Å². The van der Waals surface area contributed by atoms with Crippen molar-refractivity contribution in [1.82, 2.24) is 0 Å². The maximum Gasteiger partial charge on any atom is 0.302 e. The number of esters is 1. The molecule has 0 amide bonds. The highest BCUT2D eigenvalue weighted by molar-refractivity contribution is 5.66. The molecule has 10 atom stereocenters. The standard InChI is InChI=1S/C33H58O2/c1-21(2)22(3)11-12-23(4)25-15-19-33(10)27-13-14-28-30(6,7)29(35-24(5)34)17-18-31(28,8)26(27)16-20-32(25,33)9/h21-23,25-29H,11-20H2,1-10H3/t22?,23-,25?,26?,27?,28?,29-,31+,32+,33-/m0/s1. The Bertz CT molecular complexity index is 784. The number of ether oxygens (including phenoxy) is 1. The van der Waals surface area contributed by atoms with Crippen molar-refractivity contribution in [3.63, 3.8) is 0 Å². The number of hydrogen-bond acceptors (Lipinski definition) is 2. The highest BCUT2D eigenvalue weighted by Crippen LogP contribution is 2.74. The van der Waals surface area contributed by atoms with Gasteiger partial charge in [-0.1, -0.05) is 75.2 Å². The molecule has 4 saturated carbocycles. The van der Waals surface area contributed by atoms with Crippen LogP contribution in [0.3, 0.4) is 0 Å². The van der Waals surface area contributed by atoms with E-state index < -0.39 is 0 Å². The van der Waals surface area contributed by atoms with Crippen molar-refractivity contribution >= 4 is 5.97 Å². The summed E-state index contributed by atoms with van der Waals surface area (Å²) in [4.78, 5) is 11.9. The molecule has 0 radical (unpaired) electrons. The molecule has 4 rings (SSSR count). The Hall–Kier alpha value is -0.530. The molecule has 0 N–H and O–H groups in total. The molecule has 0 heterocycles. The third-order valence-electron chi connectivity index (χ3n) is 13.7. The Morgan fingerprint density at radius 2 is 1.46 bits per heavy atom. The smallest absolute Gasteiger partial charge is 0.302 e. The first-order chi connectivity index (χ1) is 16.2. The molecule has 0 aliphatic heterocycles. The van der Waals surface area contributed by atoms with Crippen LogP contribution < -0.4 is 0 Å². The molecule has 4 aliphatic carbocycles. The normalized spacial score (nSPS) is 46.3. The summed E-state index contributed by atoms with van der Waals surface area (Å²) in [6.07, 6.45) is 13.6. The zero-order chi connectivity index (χ0) is 26.0. The van der Waals surface area contributed by atoms with Crippen molar-refractivity contribution in [3.05, 3.63) is 0 Å². The summed E-state index contributed by atoms with van der Waals surface area (Å²) < 4.78 is 5.90. The van der Waals surface area contributed by atoms with Gasteiger partial charge in [-0.05, 0) is 109 Å². The molecule has 5 unspecified atom stereocenters. The molecule has 0 aromatic carbocycles. The number of carbonyl (C=O) groups excluding carboxylic acids is 1. The van der Waals surface area contributed by atoms with E-state index in [1.807, 2.05) is 0 Å². The summed E-state index contributed by atoms with van der Waals surface area (Å²) in [5.41, 5.74) is 1.46. The van der Waals surface area contributed by atoms with E-state index in [0.29, 0.717) is 22.2 Å². The van der Waals surface area contributed by atoms with Crippen LogP contribution in [0.25, 0.3) is 0 Å². The van der Waals surface area contributed by atoms with Crippen LogP contribution in [0.4, 0.5) is 0 Å². The third kappa shape index (κ3) is 4.24. The fraction of sp³-hybridized carbons (Fsp3) is 0.970. The lowest BCUT2D eigenvalue weighted by Gasteiger charge is -2.67. The second-order valence-corrected chi connectivity index (χ2v) is 15.6. The Morgan fingerprint density at radius 3 is 2.09 bits per heavy atom. The average molecular weight is 487 g/mol. The molecular formula is C33H58O2. The minimum atomic E-state index is -0.102. The summed E-state index contributed by atoms with van der Waals surface area (Å²) in [6, 6.07) is 0. The third-order valence-corrected chi connectivity index (χ3v) is 13.7. The summed E-state index contributed by atoms with van der Waals surface area (Å²) in [7, 11) is 0. The number of fused-ring (bicyclic) bond motifs is 5. The highest BCUT2D eigenvalue weighted by Gasteiger charge is 2.67. The van der Waals surface area contributed by atoms with E-state index in [1.165, 1.54) is 57.8 Å². The zero-order valence-electron chi connectivity index (χ0n) is 25.0. The summed E-state index contributed by atoms with van der Waals surface area (Å²) in [6.45, 7) is 24.3. The maximum atomic E-state index is 11.9.